The van der Waals surface area contributed by atoms with E-state index in [4.69, 9.17) is 0 Å². The number of nitrogens with one attached hydrogen (secondary N) is 2. The predicted octanol–water partition coefficient (Wildman–Crippen LogP) is 4.82. The van der Waals surface area contributed by atoms with Crippen LogP contribution in [0.25, 0.3) is 11.3 Å². The van der Waals surface area contributed by atoms with Crippen LogP contribution in [0.4, 0.5) is 0 Å². The zero-order valence-electron chi connectivity index (χ0n) is 18.7. The molecule has 1 atom stereocenters. The minimum absolute atomic E-state index is 0.0983. The van der Waals surface area contributed by atoms with Gasteiger partial charge in [0.1, 0.15) is 0 Å². The second-order valence-corrected chi connectivity index (χ2v) is 8.77. The number of hydrogen-bond acceptors (Lipinski definition) is 5. The molecule has 4 rings (SSSR count). The van der Waals surface area contributed by atoms with Crippen LogP contribution in [-0.2, 0) is 11.2 Å². The van der Waals surface area contributed by atoms with Gasteiger partial charge < -0.3 is 10.6 Å². The topological polar surface area (TPSA) is 84.0 Å². The lowest BCUT2D eigenvalue weighted by atomic mass is 10.0. The van der Waals surface area contributed by atoms with Crippen LogP contribution in [0, 0.1) is 0 Å². The highest BCUT2D eigenvalue weighted by Gasteiger charge is 2.19. The van der Waals surface area contributed by atoms with Crippen LogP contribution in [0.2, 0.25) is 0 Å². The normalized spacial score (nSPS) is 11.5. The lowest BCUT2D eigenvalue weighted by Crippen LogP contribution is -2.34. The summed E-state index contributed by atoms with van der Waals surface area (Å²) in [6.45, 7) is 0.553. The maximum absolute atomic E-state index is 12.7. The molecule has 0 bridgehead atoms. The first kappa shape index (κ1) is 23.3. The van der Waals surface area contributed by atoms with Crippen LogP contribution in [0.1, 0.15) is 39.8 Å². The zero-order valence-corrected chi connectivity index (χ0v) is 19.5. The van der Waals surface area contributed by atoms with Crippen LogP contribution >= 0.6 is 11.3 Å². The molecule has 0 spiro atoms. The van der Waals surface area contributed by atoms with Crippen LogP contribution in [-0.4, -0.2) is 28.3 Å². The van der Waals surface area contributed by atoms with Gasteiger partial charge in [0.05, 0.1) is 23.2 Å². The molecule has 0 saturated heterocycles. The van der Waals surface area contributed by atoms with Gasteiger partial charge in [0.15, 0.2) is 0 Å². The van der Waals surface area contributed by atoms with E-state index < -0.39 is 6.04 Å². The van der Waals surface area contributed by atoms with E-state index in [1.165, 1.54) is 0 Å². The number of aromatic nitrogens is 2. The average molecular weight is 471 g/mol. The molecule has 0 radical (unpaired) electrons. The standard InChI is InChI=1S/C27H26N4O2S/c32-25(29-15-7-12-26-30-24(19-34-26)21-13-16-28-17-14-21)18-23(20-8-3-1-4-9-20)31-27(33)22-10-5-2-6-11-22/h1-6,8-11,13-14,16-17,19,23H,7,12,15,18H2,(H,29,32)(H,31,33). The Hall–Kier alpha value is -3.84. The lowest BCUT2D eigenvalue weighted by Gasteiger charge is -2.19. The summed E-state index contributed by atoms with van der Waals surface area (Å²) in [5, 5.41) is 9.07. The van der Waals surface area contributed by atoms with E-state index in [0.717, 1.165) is 34.7 Å². The molecule has 172 valence electrons. The Kier molecular flexibility index (Phi) is 8.13. The minimum atomic E-state index is -0.407. The quantitative estimate of drug-likeness (QED) is 0.326. The summed E-state index contributed by atoms with van der Waals surface area (Å²) in [7, 11) is 0. The smallest absolute Gasteiger partial charge is 0.251 e. The van der Waals surface area contributed by atoms with Crippen molar-refractivity contribution in [2.45, 2.75) is 25.3 Å². The van der Waals surface area contributed by atoms with E-state index in [9.17, 15) is 9.59 Å². The van der Waals surface area contributed by atoms with Crippen molar-refractivity contribution in [2.24, 2.45) is 0 Å². The molecule has 2 N–H and O–H groups in total. The summed E-state index contributed by atoms with van der Waals surface area (Å²) in [5.41, 5.74) is 3.47. The summed E-state index contributed by atoms with van der Waals surface area (Å²) in [6.07, 6.45) is 5.28. The minimum Gasteiger partial charge on any atom is -0.356 e. The summed E-state index contributed by atoms with van der Waals surface area (Å²) >= 11 is 1.62. The molecule has 4 aromatic rings. The lowest BCUT2D eigenvalue weighted by molar-refractivity contribution is -0.121. The highest BCUT2D eigenvalue weighted by Crippen LogP contribution is 2.22. The highest BCUT2D eigenvalue weighted by atomic mass is 32.1. The maximum Gasteiger partial charge on any atom is 0.251 e. The van der Waals surface area contributed by atoms with Crippen molar-refractivity contribution in [3.8, 4) is 11.3 Å². The number of nitrogens with zero attached hydrogens (tertiary/aromatic N) is 2. The SMILES string of the molecule is O=C(CC(NC(=O)c1ccccc1)c1ccccc1)NCCCc1nc(-c2ccncc2)cs1. The molecule has 2 heterocycles. The van der Waals surface area contributed by atoms with Crippen LogP contribution in [0.5, 0.6) is 0 Å². The summed E-state index contributed by atoms with van der Waals surface area (Å²) in [5.74, 6) is -0.296. The number of benzene rings is 2. The van der Waals surface area contributed by atoms with Crippen LogP contribution in [0.3, 0.4) is 0 Å². The first-order chi connectivity index (χ1) is 16.7. The van der Waals surface area contributed by atoms with Gasteiger partial charge in [0.25, 0.3) is 5.91 Å². The van der Waals surface area contributed by atoms with Gasteiger partial charge in [-0.3, -0.25) is 14.6 Å². The third kappa shape index (κ3) is 6.59. The first-order valence-corrected chi connectivity index (χ1v) is 12.1. The molecule has 6 nitrogen and oxygen atoms in total. The molecule has 1 unspecified atom stereocenters. The van der Waals surface area contributed by atoms with Gasteiger partial charge in [0, 0.05) is 41.9 Å². The molecular weight excluding hydrogens is 444 g/mol. The summed E-state index contributed by atoms with van der Waals surface area (Å²) < 4.78 is 0. The van der Waals surface area contributed by atoms with Crippen molar-refractivity contribution in [3.05, 3.63) is 107 Å². The largest absolute Gasteiger partial charge is 0.356 e. The second kappa shape index (κ2) is 11.9. The number of carbonyl (C=O) groups excluding carboxylic acids is 2. The highest BCUT2D eigenvalue weighted by molar-refractivity contribution is 7.09. The molecule has 0 fully saturated rings. The van der Waals surface area contributed by atoms with Crippen molar-refractivity contribution in [1.29, 1.82) is 0 Å². The Morgan fingerprint density at radius 2 is 1.62 bits per heavy atom. The number of carbonyl (C=O) groups is 2. The van der Waals surface area contributed by atoms with Gasteiger partial charge in [0.2, 0.25) is 5.91 Å². The van der Waals surface area contributed by atoms with Crippen molar-refractivity contribution in [1.82, 2.24) is 20.6 Å². The van der Waals surface area contributed by atoms with Gasteiger partial charge in [-0.25, -0.2) is 4.98 Å². The Morgan fingerprint density at radius 1 is 0.912 bits per heavy atom. The van der Waals surface area contributed by atoms with E-state index in [-0.39, 0.29) is 18.2 Å². The number of rotatable bonds is 10. The van der Waals surface area contributed by atoms with Crippen molar-refractivity contribution in [3.63, 3.8) is 0 Å². The number of aryl methyl sites for hydroxylation is 1. The first-order valence-electron chi connectivity index (χ1n) is 11.2. The molecule has 34 heavy (non-hydrogen) atoms. The fourth-order valence-electron chi connectivity index (χ4n) is 3.57. The van der Waals surface area contributed by atoms with Crippen LogP contribution < -0.4 is 10.6 Å². The third-order valence-electron chi connectivity index (χ3n) is 5.35. The molecular formula is C27H26N4O2S. The molecule has 7 heteroatoms. The van der Waals surface area contributed by atoms with Crippen molar-refractivity contribution in [2.75, 3.05) is 6.54 Å². The van der Waals surface area contributed by atoms with Crippen LogP contribution in [0.15, 0.2) is 90.6 Å². The fourth-order valence-corrected chi connectivity index (χ4v) is 4.42. The van der Waals surface area contributed by atoms with E-state index in [1.807, 2.05) is 66.0 Å². The molecule has 0 aliphatic carbocycles. The van der Waals surface area contributed by atoms with Gasteiger partial charge in [-0.2, -0.15) is 0 Å². The van der Waals surface area contributed by atoms with E-state index in [1.54, 1.807) is 35.9 Å². The number of thiazole rings is 1. The molecule has 2 aromatic heterocycles. The fraction of sp³-hybridized carbons (Fsp3) is 0.185. The van der Waals surface area contributed by atoms with E-state index in [2.05, 4.69) is 20.6 Å². The third-order valence-corrected chi connectivity index (χ3v) is 6.26. The Bertz CT molecular complexity index is 1200. The van der Waals surface area contributed by atoms with Gasteiger partial charge in [-0.1, -0.05) is 48.5 Å². The number of pyridine rings is 1. The molecule has 0 saturated carbocycles. The zero-order chi connectivity index (χ0) is 23.6. The van der Waals surface area contributed by atoms with E-state index >= 15 is 0 Å². The summed E-state index contributed by atoms with van der Waals surface area (Å²) in [6, 6.07) is 22.1. The average Bonchev–Trinajstić information content (AvgIpc) is 3.37. The van der Waals surface area contributed by atoms with Gasteiger partial charge in [-0.15, -0.1) is 11.3 Å². The Morgan fingerprint density at radius 3 is 2.35 bits per heavy atom. The van der Waals surface area contributed by atoms with E-state index in [0.29, 0.717) is 12.1 Å². The van der Waals surface area contributed by atoms with Crippen molar-refractivity contribution >= 4 is 23.2 Å². The second-order valence-electron chi connectivity index (χ2n) is 7.82. The Balaban J connectivity index is 1.28. The van der Waals surface area contributed by atoms with Gasteiger partial charge >= 0.3 is 0 Å². The predicted molar refractivity (Wildman–Crippen MR) is 134 cm³/mol. The summed E-state index contributed by atoms with van der Waals surface area (Å²) in [4.78, 5) is 34.1. The molecule has 0 aliphatic rings. The molecule has 2 aromatic carbocycles. The monoisotopic (exact) mass is 470 g/mol. The molecule has 0 aliphatic heterocycles. The molecule has 2 amide bonds. The Labute approximate surface area is 203 Å². The number of hydrogen-bond donors (Lipinski definition) is 2. The van der Waals surface area contributed by atoms with Crippen molar-refractivity contribution < 1.29 is 9.59 Å². The van der Waals surface area contributed by atoms with Gasteiger partial charge in [-0.05, 0) is 36.2 Å². The maximum atomic E-state index is 12.7. The number of amides is 2.